The number of nitrogens with one attached hydrogen (secondary N) is 1. The maximum Gasteiger partial charge on any atom is 0.323 e. The van der Waals surface area contributed by atoms with Crippen molar-refractivity contribution < 1.29 is 9.72 Å². The molecule has 18 heavy (non-hydrogen) atoms. The molecule has 0 aliphatic heterocycles. The normalized spacial score (nSPS) is 9.72. The van der Waals surface area contributed by atoms with Crippen LogP contribution in [0.15, 0.2) is 12.1 Å². The van der Waals surface area contributed by atoms with E-state index in [2.05, 4.69) is 5.32 Å². The zero-order valence-corrected chi connectivity index (χ0v) is 11.4. The second-order valence-corrected chi connectivity index (χ2v) is 3.72. The summed E-state index contributed by atoms with van der Waals surface area (Å²) < 4.78 is 1.29. The summed E-state index contributed by atoms with van der Waals surface area (Å²) in [4.78, 5) is 23.6. The molecule has 0 bridgehead atoms. The van der Waals surface area contributed by atoms with Gasteiger partial charge >= 0.3 is 5.82 Å². The number of carbonyl (C=O) groups is 1. The zero-order chi connectivity index (χ0) is 13.0. The van der Waals surface area contributed by atoms with Gasteiger partial charge in [0.25, 0.3) is 5.91 Å². The molecule has 0 fully saturated rings. The van der Waals surface area contributed by atoms with Crippen molar-refractivity contribution in [3.8, 4) is 0 Å². The van der Waals surface area contributed by atoms with Crippen molar-refractivity contribution in [2.45, 2.75) is 0 Å². The van der Waals surface area contributed by atoms with Crippen molar-refractivity contribution in [2.75, 3.05) is 27.2 Å². The topological polar surface area (TPSA) is 80.4 Å². The molecule has 1 heterocycles. The van der Waals surface area contributed by atoms with Gasteiger partial charge in [-0.15, -0.1) is 12.4 Å². The fraction of sp³-hybridized carbons (Fsp3) is 0.500. The minimum atomic E-state index is -0.510. The average molecular weight is 277 g/mol. The first-order valence-electron chi connectivity index (χ1n) is 5.19. The van der Waals surface area contributed by atoms with Crippen LogP contribution in [0.25, 0.3) is 0 Å². The molecule has 1 rings (SSSR count). The lowest BCUT2D eigenvalue weighted by molar-refractivity contribution is -0.391. The zero-order valence-electron chi connectivity index (χ0n) is 10.5. The average Bonchev–Trinajstić information content (AvgIpc) is 2.67. The minimum absolute atomic E-state index is 0. The fourth-order valence-corrected chi connectivity index (χ4v) is 1.48. The molecule has 0 aliphatic carbocycles. The first-order chi connectivity index (χ1) is 7.99. The summed E-state index contributed by atoms with van der Waals surface area (Å²) in [5.74, 6) is -0.314. The van der Waals surface area contributed by atoms with Gasteiger partial charge in [-0.25, -0.2) is 4.57 Å². The molecule has 0 aromatic carbocycles. The highest BCUT2D eigenvalue weighted by atomic mass is 35.5. The first-order valence-corrected chi connectivity index (χ1v) is 5.19. The molecule has 0 radical (unpaired) electrons. The number of aromatic nitrogens is 1. The number of carbonyl (C=O) groups excluding carboxylic acids is 1. The molecule has 1 aromatic rings. The van der Waals surface area contributed by atoms with Crippen LogP contribution in [-0.4, -0.2) is 47.5 Å². The number of hydrogen-bond acceptors (Lipinski definition) is 4. The van der Waals surface area contributed by atoms with Crippen LogP contribution in [0, 0.1) is 10.1 Å². The summed E-state index contributed by atoms with van der Waals surface area (Å²) in [6, 6.07) is 2.80. The Hall–Kier alpha value is -1.60. The van der Waals surface area contributed by atoms with Crippen molar-refractivity contribution in [1.82, 2.24) is 14.8 Å². The lowest BCUT2D eigenvalue weighted by atomic mass is 10.3. The quantitative estimate of drug-likeness (QED) is 0.632. The number of amides is 1. The molecule has 0 atom stereocenters. The lowest BCUT2D eigenvalue weighted by Gasteiger charge is -2.15. The Morgan fingerprint density at radius 2 is 2.17 bits per heavy atom. The van der Waals surface area contributed by atoms with Gasteiger partial charge in [-0.05, 0) is 18.0 Å². The first kappa shape index (κ1) is 16.4. The number of hydrogen-bond donors (Lipinski definition) is 1. The van der Waals surface area contributed by atoms with Crippen molar-refractivity contribution in [2.24, 2.45) is 7.05 Å². The number of likely N-dealkylation sites (N-methyl/N-ethyl adjacent to an activating group) is 2. The van der Waals surface area contributed by atoms with E-state index in [4.69, 9.17) is 0 Å². The molecular formula is C10H17ClN4O3. The summed E-state index contributed by atoms with van der Waals surface area (Å²) in [7, 11) is 4.97. The molecule has 0 saturated carbocycles. The van der Waals surface area contributed by atoms with E-state index in [-0.39, 0.29) is 24.1 Å². The SMILES string of the molecule is CNCCN(C)C(=O)c1ccc([N+](=O)[O-])n1C.Cl. The number of halogens is 1. The number of nitrogens with zero attached hydrogens (tertiary/aromatic N) is 3. The van der Waals surface area contributed by atoms with Gasteiger partial charge in [-0.2, -0.15) is 0 Å². The molecule has 8 heteroatoms. The maximum absolute atomic E-state index is 12.0. The number of rotatable bonds is 5. The lowest BCUT2D eigenvalue weighted by Crippen LogP contribution is -2.33. The standard InChI is InChI=1S/C10H16N4O3.ClH/c1-11-6-7-12(2)10(15)8-4-5-9(13(8)3)14(16)17;/h4-5,11H,6-7H2,1-3H3;1H. The van der Waals surface area contributed by atoms with Crippen LogP contribution in [0.1, 0.15) is 10.5 Å². The molecule has 1 amide bonds. The molecule has 0 saturated heterocycles. The Morgan fingerprint density at radius 3 is 2.61 bits per heavy atom. The van der Waals surface area contributed by atoms with Crippen LogP contribution in [0.3, 0.4) is 0 Å². The second kappa shape index (κ2) is 6.97. The van der Waals surface area contributed by atoms with Crippen LogP contribution in [0.4, 0.5) is 5.82 Å². The Balaban J connectivity index is 0.00000289. The molecule has 1 N–H and O–H groups in total. The van der Waals surface area contributed by atoms with Crippen LogP contribution < -0.4 is 5.32 Å². The van der Waals surface area contributed by atoms with E-state index >= 15 is 0 Å². The van der Waals surface area contributed by atoms with Crippen molar-refractivity contribution >= 4 is 24.1 Å². The largest absolute Gasteiger partial charge is 0.358 e. The predicted molar refractivity (Wildman–Crippen MR) is 70.2 cm³/mol. The molecule has 1 aromatic heterocycles. The van der Waals surface area contributed by atoms with Crippen molar-refractivity contribution in [1.29, 1.82) is 0 Å². The van der Waals surface area contributed by atoms with Gasteiger partial charge in [0.05, 0.1) is 7.05 Å². The van der Waals surface area contributed by atoms with Crippen LogP contribution in [0.5, 0.6) is 0 Å². The molecular weight excluding hydrogens is 260 g/mol. The van der Waals surface area contributed by atoms with E-state index in [0.29, 0.717) is 18.8 Å². The monoisotopic (exact) mass is 276 g/mol. The van der Waals surface area contributed by atoms with Gasteiger partial charge in [0.2, 0.25) is 0 Å². The van der Waals surface area contributed by atoms with Crippen LogP contribution in [-0.2, 0) is 7.05 Å². The van der Waals surface area contributed by atoms with Crippen LogP contribution >= 0.6 is 12.4 Å². The summed E-state index contributed by atoms with van der Waals surface area (Å²) in [5, 5.41) is 13.6. The molecule has 0 aliphatic rings. The van der Waals surface area contributed by atoms with Crippen molar-refractivity contribution in [3.63, 3.8) is 0 Å². The van der Waals surface area contributed by atoms with E-state index < -0.39 is 4.92 Å². The van der Waals surface area contributed by atoms with E-state index in [1.807, 2.05) is 0 Å². The van der Waals surface area contributed by atoms with Gasteiger partial charge < -0.3 is 20.3 Å². The summed E-state index contributed by atoms with van der Waals surface area (Å²) in [5.41, 5.74) is 0.315. The van der Waals surface area contributed by atoms with Gasteiger partial charge in [-0.1, -0.05) is 0 Å². The predicted octanol–water partition coefficient (Wildman–Crippen LogP) is 0.647. The molecule has 102 valence electrons. The van der Waals surface area contributed by atoms with Gasteiger partial charge in [-0.3, -0.25) is 4.79 Å². The van der Waals surface area contributed by atoms with E-state index in [0.717, 1.165) is 0 Å². The molecule has 0 spiro atoms. The molecule has 7 nitrogen and oxygen atoms in total. The van der Waals surface area contributed by atoms with Gasteiger partial charge in [0.15, 0.2) is 5.69 Å². The Labute approximate surface area is 111 Å². The third-order valence-electron chi connectivity index (χ3n) is 2.55. The highest BCUT2D eigenvalue weighted by molar-refractivity contribution is 5.93. The van der Waals surface area contributed by atoms with E-state index in [1.54, 1.807) is 14.1 Å². The highest BCUT2D eigenvalue weighted by Crippen LogP contribution is 2.16. The number of nitro groups is 1. The second-order valence-electron chi connectivity index (χ2n) is 3.72. The highest BCUT2D eigenvalue weighted by Gasteiger charge is 2.22. The van der Waals surface area contributed by atoms with Crippen molar-refractivity contribution in [3.05, 3.63) is 27.9 Å². The summed E-state index contributed by atoms with van der Waals surface area (Å²) >= 11 is 0. The third-order valence-corrected chi connectivity index (χ3v) is 2.55. The Bertz CT molecular complexity index is 433. The van der Waals surface area contributed by atoms with E-state index in [9.17, 15) is 14.9 Å². The smallest absolute Gasteiger partial charge is 0.323 e. The molecule has 0 unspecified atom stereocenters. The minimum Gasteiger partial charge on any atom is -0.358 e. The fourth-order valence-electron chi connectivity index (χ4n) is 1.48. The Morgan fingerprint density at radius 1 is 1.56 bits per heavy atom. The third kappa shape index (κ3) is 3.44. The Kier molecular flexibility index (Phi) is 6.35. The maximum atomic E-state index is 12.0. The van der Waals surface area contributed by atoms with E-state index in [1.165, 1.54) is 28.6 Å². The van der Waals surface area contributed by atoms with Crippen LogP contribution in [0.2, 0.25) is 0 Å². The summed E-state index contributed by atoms with van der Waals surface area (Å²) in [6.07, 6.45) is 0. The summed E-state index contributed by atoms with van der Waals surface area (Å²) in [6.45, 7) is 1.23. The van der Waals surface area contributed by atoms with Gasteiger partial charge in [0, 0.05) is 26.2 Å². The van der Waals surface area contributed by atoms with Gasteiger partial charge in [0.1, 0.15) is 0 Å².